The zero-order valence-corrected chi connectivity index (χ0v) is 11.5. The van der Waals surface area contributed by atoms with Gasteiger partial charge in [-0.15, -0.1) is 4.91 Å². The van der Waals surface area contributed by atoms with E-state index >= 15 is 0 Å². The summed E-state index contributed by atoms with van der Waals surface area (Å²) in [5.41, 5.74) is 0.686. The Morgan fingerprint density at radius 2 is 1.41 bits per heavy atom. The van der Waals surface area contributed by atoms with Crippen LogP contribution < -0.4 is 0 Å². The van der Waals surface area contributed by atoms with Crippen molar-refractivity contribution in [3.63, 3.8) is 0 Å². The molecule has 0 aliphatic heterocycles. The standard InChI is InChI=1S/C10H7NO2.C7H6O2/c12-10-6-5-9(11-13)7-3-1-2-4-8(7)10;8-7(9)6-4-2-1-3-5-6/h1-6,12H;1-5H,(H,8,9). The van der Waals surface area contributed by atoms with Gasteiger partial charge in [-0.1, -0.05) is 42.5 Å². The van der Waals surface area contributed by atoms with Gasteiger partial charge in [0, 0.05) is 10.8 Å². The molecule has 0 unspecified atom stereocenters. The van der Waals surface area contributed by atoms with Crippen molar-refractivity contribution in [1.29, 1.82) is 0 Å². The first-order chi connectivity index (χ1) is 10.6. The maximum atomic E-state index is 10.4. The van der Waals surface area contributed by atoms with E-state index in [4.69, 9.17) is 5.11 Å². The molecule has 0 saturated carbocycles. The summed E-state index contributed by atoms with van der Waals surface area (Å²) in [7, 11) is 0. The fraction of sp³-hybridized carbons (Fsp3) is 0. The zero-order valence-electron chi connectivity index (χ0n) is 11.5. The molecular formula is C17H13NO4. The Hall–Kier alpha value is -3.21. The van der Waals surface area contributed by atoms with E-state index in [0.29, 0.717) is 22.0 Å². The topological polar surface area (TPSA) is 87.0 Å². The molecule has 0 bridgehead atoms. The molecule has 22 heavy (non-hydrogen) atoms. The maximum Gasteiger partial charge on any atom is 0.335 e. The molecule has 0 amide bonds. The van der Waals surface area contributed by atoms with Crippen molar-refractivity contribution in [1.82, 2.24) is 0 Å². The SMILES string of the molecule is O=C(O)c1ccccc1.O=Nc1ccc(O)c2ccccc12. The second kappa shape index (κ2) is 6.99. The maximum absolute atomic E-state index is 10.4. The third-order valence-electron chi connectivity index (χ3n) is 3.00. The van der Waals surface area contributed by atoms with E-state index in [-0.39, 0.29) is 5.75 Å². The van der Waals surface area contributed by atoms with Gasteiger partial charge in [-0.05, 0) is 29.4 Å². The van der Waals surface area contributed by atoms with E-state index in [1.165, 1.54) is 12.1 Å². The summed E-state index contributed by atoms with van der Waals surface area (Å²) in [5, 5.41) is 22.0. The predicted molar refractivity (Wildman–Crippen MR) is 84.5 cm³/mol. The number of benzene rings is 3. The van der Waals surface area contributed by atoms with Crippen LogP contribution in [0.15, 0.2) is 71.9 Å². The van der Waals surface area contributed by atoms with Gasteiger partial charge in [-0.25, -0.2) is 4.79 Å². The van der Waals surface area contributed by atoms with Crippen molar-refractivity contribution < 1.29 is 15.0 Å². The average molecular weight is 295 g/mol. The van der Waals surface area contributed by atoms with Gasteiger partial charge < -0.3 is 10.2 Å². The van der Waals surface area contributed by atoms with E-state index in [1.54, 1.807) is 54.6 Å². The molecule has 0 atom stereocenters. The molecule has 0 aromatic heterocycles. The zero-order chi connectivity index (χ0) is 15.9. The molecule has 3 aromatic rings. The van der Waals surface area contributed by atoms with E-state index < -0.39 is 5.97 Å². The lowest BCUT2D eigenvalue weighted by Gasteiger charge is -2.00. The van der Waals surface area contributed by atoms with Crippen LogP contribution in [-0.2, 0) is 0 Å². The summed E-state index contributed by atoms with van der Waals surface area (Å²) in [4.78, 5) is 20.6. The fourth-order valence-electron chi connectivity index (χ4n) is 1.93. The quantitative estimate of drug-likeness (QED) is 0.689. The van der Waals surface area contributed by atoms with Crippen molar-refractivity contribution >= 4 is 22.4 Å². The van der Waals surface area contributed by atoms with E-state index in [0.717, 1.165) is 0 Å². The van der Waals surface area contributed by atoms with Crippen LogP contribution in [0.4, 0.5) is 5.69 Å². The lowest BCUT2D eigenvalue weighted by molar-refractivity contribution is 0.0697. The van der Waals surface area contributed by atoms with Crippen molar-refractivity contribution in [2.24, 2.45) is 5.18 Å². The molecule has 0 aliphatic rings. The van der Waals surface area contributed by atoms with Gasteiger partial charge in [0.1, 0.15) is 11.4 Å². The molecule has 2 N–H and O–H groups in total. The first kappa shape index (κ1) is 15.2. The summed E-state index contributed by atoms with van der Waals surface area (Å²) >= 11 is 0. The Balaban J connectivity index is 0.000000172. The highest BCUT2D eigenvalue weighted by Crippen LogP contribution is 2.31. The normalized spacial score (nSPS) is 9.64. The van der Waals surface area contributed by atoms with Crippen molar-refractivity contribution in [2.75, 3.05) is 0 Å². The molecule has 5 heteroatoms. The number of nitroso groups, excluding NO2 is 1. The number of hydrogen-bond acceptors (Lipinski definition) is 4. The highest BCUT2D eigenvalue weighted by molar-refractivity contribution is 5.96. The number of aromatic carboxylic acids is 1. The number of carbonyl (C=O) groups is 1. The number of fused-ring (bicyclic) bond motifs is 1. The molecule has 110 valence electrons. The Labute approximate surface area is 126 Å². The van der Waals surface area contributed by atoms with Crippen LogP contribution in [-0.4, -0.2) is 16.2 Å². The molecule has 0 heterocycles. The molecule has 0 radical (unpaired) electrons. The summed E-state index contributed by atoms with van der Waals surface area (Å²) in [5.74, 6) is -0.710. The highest BCUT2D eigenvalue weighted by atomic mass is 16.4. The summed E-state index contributed by atoms with van der Waals surface area (Å²) in [6.45, 7) is 0. The number of carboxylic acids is 1. The molecular weight excluding hydrogens is 282 g/mol. The monoisotopic (exact) mass is 295 g/mol. The van der Waals surface area contributed by atoms with Crippen LogP contribution in [0, 0.1) is 4.91 Å². The number of hydrogen-bond donors (Lipinski definition) is 2. The molecule has 3 rings (SSSR count). The first-order valence-corrected chi connectivity index (χ1v) is 6.46. The minimum Gasteiger partial charge on any atom is -0.507 e. The van der Waals surface area contributed by atoms with Crippen molar-refractivity contribution in [3.05, 3.63) is 77.2 Å². The summed E-state index contributed by atoms with van der Waals surface area (Å²) < 4.78 is 0. The minimum absolute atomic E-state index is 0.169. The number of phenolic OH excluding ortho intramolecular Hbond substituents is 1. The Morgan fingerprint density at radius 3 is 1.95 bits per heavy atom. The van der Waals surface area contributed by atoms with Gasteiger partial charge in [-0.2, -0.15) is 0 Å². The second-order valence-electron chi connectivity index (χ2n) is 4.41. The fourth-order valence-corrected chi connectivity index (χ4v) is 1.93. The Morgan fingerprint density at radius 1 is 0.818 bits per heavy atom. The van der Waals surface area contributed by atoms with Crippen LogP contribution in [0.3, 0.4) is 0 Å². The first-order valence-electron chi connectivity index (χ1n) is 6.46. The summed E-state index contributed by atoms with van der Waals surface area (Å²) in [6, 6.07) is 18.4. The Kier molecular flexibility index (Phi) is 4.82. The second-order valence-corrected chi connectivity index (χ2v) is 4.41. The van der Waals surface area contributed by atoms with Gasteiger partial charge in [-0.3, -0.25) is 0 Å². The molecule has 0 aliphatic carbocycles. The van der Waals surface area contributed by atoms with Gasteiger partial charge in [0.05, 0.1) is 5.56 Å². The number of rotatable bonds is 2. The Bertz CT molecular complexity index is 800. The van der Waals surface area contributed by atoms with Crippen LogP contribution in [0.25, 0.3) is 10.8 Å². The highest BCUT2D eigenvalue weighted by Gasteiger charge is 2.03. The average Bonchev–Trinajstić information content (AvgIpc) is 2.57. The van der Waals surface area contributed by atoms with Gasteiger partial charge in [0.2, 0.25) is 0 Å². The molecule has 0 fully saturated rings. The minimum atomic E-state index is -0.879. The summed E-state index contributed by atoms with van der Waals surface area (Å²) in [6.07, 6.45) is 0. The molecule has 0 saturated heterocycles. The number of phenols is 1. The number of carboxylic acid groups (broad SMARTS) is 1. The van der Waals surface area contributed by atoms with Gasteiger partial charge in [0.15, 0.2) is 0 Å². The van der Waals surface area contributed by atoms with Crippen LogP contribution in [0.2, 0.25) is 0 Å². The van der Waals surface area contributed by atoms with Gasteiger partial charge in [0.25, 0.3) is 0 Å². The molecule has 5 nitrogen and oxygen atoms in total. The van der Waals surface area contributed by atoms with Gasteiger partial charge >= 0.3 is 5.97 Å². The molecule has 0 spiro atoms. The third kappa shape index (κ3) is 3.46. The van der Waals surface area contributed by atoms with Crippen molar-refractivity contribution in [2.45, 2.75) is 0 Å². The lowest BCUT2D eigenvalue weighted by Crippen LogP contribution is -1.93. The predicted octanol–water partition coefficient (Wildman–Crippen LogP) is 4.33. The molecule has 3 aromatic carbocycles. The van der Waals surface area contributed by atoms with E-state index in [2.05, 4.69) is 5.18 Å². The van der Waals surface area contributed by atoms with Crippen LogP contribution in [0.1, 0.15) is 10.4 Å². The number of aromatic hydroxyl groups is 1. The van der Waals surface area contributed by atoms with Crippen LogP contribution in [0.5, 0.6) is 5.75 Å². The number of nitrogens with zero attached hydrogens (tertiary/aromatic N) is 1. The smallest absolute Gasteiger partial charge is 0.335 e. The van der Waals surface area contributed by atoms with E-state index in [9.17, 15) is 14.8 Å². The van der Waals surface area contributed by atoms with Crippen LogP contribution >= 0.6 is 0 Å². The largest absolute Gasteiger partial charge is 0.507 e. The third-order valence-corrected chi connectivity index (χ3v) is 3.00. The van der Waals surface area contributed by atoms with Crippen molar-refractivity contribution in [3.8, 4) is 5.75 Å². The van der Waals surface area contributed by atoms with E-state index in [1.807, 2.05) is 0 Å². The lowest BCUT2D eigenvalue weighted by atomic mass is 10.1.